The molecule has 0 aromatic carbocycles. The summed E-state index contributed by atoms with van der Waals surface area (Å²) in [7, 11) is 0. The van der Waals surface area contributed by atoms with E-state index in [9.17, 15) is 9.59 Å². The van der Waals surface area contributed by atoms with Crippen molar-refractivity contribution in [2.45, 2.75) is 59.0 Å². The topological polar surface area (TPSA) is 87.5 Å². The third kappa shape index (κ3) is 4.07. The summed E-state index contributed by atoms with van der Waals surface area (Å²) in [5.41, 5.74) is 1.75. The van der Waals surface area contributed by atoms with E-state index in [1.807, 2.05) is 24.7 Å². The van der Waals surface area contributed by atoms with Gasteiger partial charge in [-0.3, -0.25) is 9.48 Å². The van der Waals surface area contributed by atoms with Gasteiger partial charge in [0.1, 0.15) is 0 Å². The molecule has 0 bridgehead atoms. The number of piperidine rings is 1. The molecule has 1 aliphatic rings. The number of carboxylic acids is 1. The van der Waals surface area contributed by atoms with E-state index in [1.165, 1.54) is 0 Å². The maximum Gasteiger partial charge on any atom is 0.317 e. The second kappa shape index (κ2) is 6.83. The monoisotopic (exact) mass is 336 g/mol. The number of aryl methyl sites for hydroxylation is 1. The van der Waals surface area contributed by atoms with Gasteiger partial charge in [0.15, 0.2) is 0 Å². The number of nitrogens with zero attached hydrogens (tertiary/aromatic N) is 3. The van der Waals surface area contributed by atoms with Crippen LogP contribution in [0.3, 0.4) is 0 Å². The predicted molar refractivity (Wildman–Crippen MR) is 90.8 cm³/mol. The standard InChI is InChI=1S/C17H28N4O3/c1-11(14-10-21(17(3,4)5)19-12(14)2)18-16(24)20-8-6-7-13(9-20)15(22)23/h10-11,13H,6-9H2,1-5H3,(H,18,24)(H,22,23). The summed E-state index contributed by atoms with van der Waals surface area (Å²) in [6.07, 6.45) is 3.32. The zero-order valence-electron chi connectivity index (χ0n) is 15.2. The van der Waals surface area contributed by atoms with E-state index < -0.39 is 11.9 Å². The first-order valence-electron chi connectivity index (χ1n) is 8.44. The third-order valence-corrected chi connectivity index (χ3v) is 4.49. The van der Waals surface area contributed by atoms with Crippen LogP contribution in [0.2, 0.25) is 0 Å². The highest BCUT2D eigenvalue weighted by molar-refractivity contribution is 5.77. The molecular formula is C17H28N4O3. The van der Waals surface area contributed by atoms with Gasteiger partial charge in [-0.15, -0.1) is 0 Å². The van der Waals surface area contributed by atoms with Gasteiger partial charge in [-0.05, 0) is 47.5 Å². The van der Waals surface area contributed by atoms with Crippen LogP contribution in [-0.4, -0.2) is 44.9 Å². The van der Waals surface area contributed by atoms with Gasteiger partial charge in [-0.1, -0.05) is 0 Å². The molecule has 134 valence electrons. The van der Waals surface area contributed by atoms with E-state index in [4.69, 9.17) is 5.11 Å². The number of carbonyl (C=O) groups is 2. The highest BCUT2D eigenvalue weighted by Gasteiger charge is 2.29. The number of rotatable bonds is 3. The van der Waals surface area contributed by atoms with Crippen molar-refractivity contribution in [1.29, 1.82) is 0 Å². The number of hydrogen-bond acceptors (Lipinski definition) is 3. The Morgan fingerprint density at radius 3 is 2.62 bits per heavy atom. The molecule has 0 saturated carbocycles. The first-order chi connectivity index (χ1) is 11.1. The zero-order chi connectivity index (χ0) is 18.1. The molecule has 1 fully saturated rings. The lowest BCUT2D eigenvalue weighted by Crippen LogP contribution is -2.47. The van der Waals surface area contributed by atoms with E-state index in [-0.39, 0.29) is 24.2 Å². The van der Waals surface area contributed by atoms with Gasteiger partial charge in [0, 0.05) is 24.8 Å². The molecule has 1 aromatic rings. The smallest absolute Gasteiger partial charge is 0.317 e. The van der Waals surface area contributed by atoms with E-state index in [1.54, 1.807) is 4.90 Å². The molecule has 2 rings (SSSR count). The quantitative estimate of drug-likeness (QED) is 0.888. The lowest BCUT2D eigenvalue weighted by molar-refractivity contribution is -0.143. The summed E-state index contributed by atoms with van der Waals surface area (Å²) in [6, 6.07) is -0.393. The van der Waals surface area contributed by atoms with Gasteiger partial charge < -0.3 is 15.3 Å². The lowest BCUT2D eigenvalue weighted by Gasteiger charge is -2.31. The predicted octanol–water partition coefficient (Wildman–Crippen LogP) is 2.51. The van der Waals surface area contributed by atoms with Crippen LogP contribution in [0.1, 0.15) is 57.8 Å². The molecule has 2 N–H and O–H groups in total. The molecule has 1 aliphatic heterocycles. The minimum absolute atomic E-state index is 0.117. The summed E-state index contributed by atoms with van der Waals surface area (Å²) in [6.45, 7) is 11.0. The van der Waals surface area contributed by atoms with Gasteiger partial charge in [0.25, 0.3) is 0 Å². The normalized spacial score (nSPS) is 19.9. The summed E-state index contributed by atoms with van der Waals surface area (Å²) in [5, 5.41) is 16.6. The first kappa shape index (κ1) is 18.3. The van der Waals surface area contributed by atoms with Crippen LogP contribution >= 0.6 is 0 Å². The van der Waals surface area contributed by atoms with Crippen molar-refractivity contribution < 1.29 is 14.7 Å². The van der Waals surface area contributed by atoms with Crippen LogP contribution in [0, 0.1) is 12.8 Å². The molecule has 1 saturated heterocycles. The van der Waals surface area contributed by atoms with Crippen LogP contribution in [-0.2, 0) is 10.3 Å². The fourth-order valence-electron chi connectivity index (χ4n) is 2.96. The number of nitrogens with one attached hydrogen (secondary N) is 1. The van der Waals surface area contributed by atoms with Crippen LogP contribution in [0.4, 0.5) is 4.79 Å². The summed E-state index contributed by atoms with van der Waals surface area (Å²) in [5.74, 6) is -1.30. The van der Waals surface area contributed by atoms with Crippen LogP contribution in [0.5, 0.6) is 0 Å². The van der Waals surface area contributed by atoms with E-state index >= 15 is 0 Å². The highest BCUT2D eigenvalue weighted by atomic mass is 16.4. The van der Waals surface area contributed by atoms with Gasteiger partial charge in [0.05, 0.1) is 23.2 Å². The number of carboxylic acid groups (broad SMARTS) is 1. The van der Waals surface area contributed by atoms with Gasteiger partial charge in [0.2, 0.25) is 0 Å². The maximum absolute atomic E-state index is 12.5. The molecule has 0 radical (unpaired) electrons. The summed E-state index contributed by atoms with van der Waals surface area (Å²) >= 11 is 0. The first-order valence-corrected chi connectivity index (χ1v) is 8.44. The van der Waals surface area contributed by atoms with Crippen LogP contribution in [0.15, 0.2) is 6.20 Å². The van der Waals surface area contributed by atoms with E-state index in [0.717, 1.165) is 17.7 Å². The Balaban J connectivity index is 2.04. The summed E-state index contributed by atoms with van der Waals surface area (Å²) in [4.78, 5) is 25.2. The van der Waals surface area contributed by atoms with Crippen molar-refractivity contribution >= 4 is 12.0 Å². The number of urea groups is 1. The summed E-state index contributed by atoms with van der Waals surface area (Å²) < 4.78 is 1.90. The highest BCUT2D eigenvalue weighted by Crippen LogP contribution is 2.22. The van der Waals surface area contributed by atoms with Crippen molar-refractivity contribution in [2.75, 3.05) is 13.1 Å². The minimum Gasteiger partial charge on any atom is -0.481 e. The zero-order valence-corrected chi connectivity index (χ0v) is 15.2. The van der Waals surface area contributed by atoms with E-state index in [0.29, 0.717) is 13.0 Å². The third-order valence-electron chi connectivity index (χ3n) is 4.49. The average molecular weight is 336 g/mol. The average Bonchev–Trinajstić information content (AvgIpc) is 2.89. The second-order valence-corrected chi connectivity index (χ2v) is 7.58. The largest absolute Gasteiger partial charge is 0.481 e. The molecule has 2 unspecified atom stereocenters. The van der Waals surface area contributed by atoms with Crippen molar-refractivity contribution in [3.8, 4) is 0 Å². The van der Waals surface area contributed by atoms with Crippen LogP contribution in [0.25, 0.3) is 0 Å². The van der Waals surface area contributed by atoms with Crippen LogP contribution < -0.4 is 5.32 Å². The SMILES string of the molecule is Cc1nn(C(C)(C)C)cc1C(C)NC(=O)N1CCCC(C(=O)O)C1. The van der Waals surface area contributed by atoms with Crippen molar-refractivity contribution in [1.82, 2.24) is 20.0 Å². The molecule has 7 nitrogen and oxygen atoms in total. The minimum atomic E-state index is -0.831. The van der Waals surface area contributed by atoms with Gasteiger partial charge >= 0.3 is 12.0 Å². The van der Waals surface area contributed by atoms with Crippen molar-refractivity contribution in [3.05, 3.63) is 17.5 Å². The molecule has 2 atom stereocenters. The fraction of sp³-hybridized carbons (Fsp3) is 0.706. The Kier molecular flexibility index (Phi) is 5.20. The molecule has 2 amide bonds. The van der Waals surface area contributed by atoms with Crippen molar-refractivity contribution in [2.24, 2.45) is 5.92 Å². The number of aliphatic carboxylic acids is 1. The van der Waals surface area contributed by atoms with E-state index in [2.05, 4.69) is 31.2 Å². The molecule has 1 aromatic heterocycles. The number of carbonyl (C=O) groups excluding carboxylic acids is 1. The Hall–Kier alpha value is -2.05. The Morgan fingerprint density at radius 1 is 1.42 bits per heavy atom. The fourth-order valence-corrected chi connectivity index (χ4v) is 2.96. The van der Waals surface area contributed by atoms with Gasteiger partial charge in [-0.2, -0.15) is 5.10 Å². The number of aromatic nitrogens is 2. The second-order valence-electron chi connectivity index (χ2n) is 7.58. The molecule has 0 aliphatic carbocycles. The van der Waals surface area contributed by atoms with Gasteiger partial charge in [-0.25, -0.2) is 4.79 Å². The number of likely N-dealkylation sites (tertiary alicyclic amines) is 1. The Labute approximate surface area is 143 Å². The Morgan fingerprint density at radius 2 is 2.08 bits per heavy atom. The molecule has 2 heterocycles. The number of hydrogen-bond donors (Lipinski definition) is 2. The number of amides is 2. The lowest BCUT2D eigenvalue weighted by atomic mass is 9.98. The molecule has 7 heteroatoms. The Bertz CT molecular complexity index is 618. The molecular weight excluding hydrogens is 308 g/mol. The van der Waals surface area contributed by atoms with Crippen molar-refractivity contribution in [3.63, 3.8) is 0 Å². The molecule has 24 heavy (non-hydrogen) atoms. The maximum atomic E-state index is 12.5. The molecule has 0 spiro atoms.